The molecule has 1 saturated heterocycles. The number of aryl methyl sites for hydroxylation is 1. The van der Waals surface area contributed by atoms with Crippen molar-refractivity contribution in [3.8, 4) is 22.9 Å². The number of rotatable bonds is 4. The Morgan fingerprint density at radius 2 is 1.81 bits per heavy atom. The van der Waals surface area contributed by atoms with E-state index in [1.54, 1.807) is 24.5 Å². The minimum atomic E-state index is -0.676. The number of nitrogens with zero attached hydrogens (tertiary/aromatic N) is 4. The van der Waals surface area contributed by atoms with Crippen LogP contribution >= 0.6 is 0 Å². The zero-order valence-electron chi connectivity index (χ0n) is 17.0. The third-order valence-electron chi connectivity index (χ3n) is 5.38. The molecule has 162 valence electrons. The fraction of sp³-hybridized carbons (Fsp3) is 0.273. The maximum atomic E-state index is 14.7. The van der Waals surface area contributed by atoms with Gasteiger partial charge in [0.2, 0.25) is 11.8 Å². The molecule has 2 aromatic heterocycles. The first-order valence-corrected chi connectivity index (χ1v) is 9.91. The van der Waals surface area contributed by atoms with E-state index in [0.717, 1.165) is 16.7 Å². The Balaban J connectivity index is 1.35. The quantitative estimate of drug-likeness (QED) is 0.667. The number of amides is 1. The molecule has 0 unspecified atom stereocenters. The Kier molecular flexibility index (Phi) is 5.77. The van der Waals surface area contributed by atoms with E-state index in [0.29, 0.717) is 43.0 Å². The third-order valence-corrected chi connectivity index (χ3v) is 5.38. The monoisotopic (exact) mass is 426 g/mol. The van der Waals surface area contributed by atoms with E-state index in [1.165, 1.54) is 17.0 Å². The van der Waals surface area contributed by atoms with Crippen molar-refractivity contribution in [2.24, 2.45) is 0 Å². The van der Waals surface area contributed by atoms with Crippen LogP contribution in [0.25, 0.3) is 11.1 Å². The standard InChI is InChI=1S/C22H23FN4O4/c1-15-13-24-7-6-18(15)16-2-3-17(19(23)12-16)14-25-8-10-26(11-9-25)22(30)31-27-20(28)4-5-21(27)29/h2-7,12-13,28-29H,8-11,14H2,1H3. The normalized spacial score (nSPS) is 14.6. The Hall–Kier alpha value is -3.59. The summed E-state index contributed by atoms with van der Waals surface area (Å²) in [5.74, 6) is -1.01. The van der Waals surface area contributed by atoms with Crippen molar-refractivity contribution in [3.63, 3.8) is 0 Å². The predicted octanol–water partition coefficient (Wildman–Crippen LogP) is 2.78. The van der Waals surface area contributed by atoms with Gasteiger partial charge in [0.25, 0.3) is 0 Å². The van der Waals surface area contributed by atoms with Gasteiger partial charge in [-0.25, -0.2) is 9.18 Å². The number of hydrogen-bond acceptors (Lipinski definition) is 6. The minimum Gasteiger partial charge on any atom is -0.492 e. The molecule has 0 bridgehead atoms. The zero-order chi connectivity index (χ0) is 22.0. The van der Waals surface area contributed by atoms with Gasteiger partial charge >= 0.3 is 6.09 Å². The van der Waals surface area contributed by atoms with Gasteiger partial charge in [-0.3, -0.25) is 9.88 Å². The van der Waals surface area contributed by atoms with E-state index >= 15 is 0 Å². The van der Waals surface area contributed by atoms with Gasteiger partial charge in [0.15, 0.2) is 0 Å². The molecule has 1 amide bonds. The van der Waals surface area contributed by atoms with Crippen molar-refractivity contribution >= 4 is 6.09 Å². The Labute approximate surface area is 178 Å². The molecule has 4 rings (SSSR count). The Bertz CT molecular complexity index is 1070. The van der Waals surface area contributed by atoms with Crippen molar-refractivity contribution in [2.75, 3.05) is 26.2 Å². The fourth-order valence-electron chi connectivity index (χ4n) is 3.60. The number of carbonyl (C=O) groups excluding carboxylic acids is 1. The van der Waals surface area contributed by atoms with Crippen molar-refractivity contribution in [3.05, 3.63) is 65.7 Å². The summed E-state index contributed by atoms with van der Waals surface area (Å²) in [6, 6.07) is 9.55. The number of aromatic nitrogens is 2. The molecule has 0 aliphatic carbocycles. The van der Waals surface area contributed by atoms with E-state index in [2.05, 4.69) is 9.88 Å². The predicted molar refractivity (Wildman–Crippen MR) is 111 cm³/mol. The highest BCUT2D eigenvalue weighted by atomic mass is 19.1. The highest BCUT2D eigenvalue weighted by Gasteiger charge is 2.25. The molecule has 3 aromatic rings. The van der Waals surface area contributed by atoms with Crippen LogP contribution in [-0.2, 0) is 6.54 Å². The summed E-state index contributed by atoms with van der Waals surface area (Å²) in [5, 5.41) is 19.2. The van der Waals surface area contributed by atoms with Gasteiger partial charge in [-0.05, 0) is 35.7 Å². The summed E-state index contributed by atoms with van der Waals surface area (Å²) >= 11 is 0. The molecule has 1 aliphatic rings. The van der Waals surface area contributed by atoms with Crippen molar-refractivity contribution in [1.29, 1.82) is 0 Å². The molecular formula is C22H23FN4O4. The number of hydrogen-bond donors (Lipinski definition) is 2. The van der Waals surface area contributed by atoms with Gasteiger partial charge in [-0.1, -0.05) is 12.1 Å². The molecule has 0 saturated carbocycles. The fourth-order valence-corrected chi connectivity index (χ4v) is 3.60. The van der Waals surface area contributed by atoms with Crippen LogP contribution in [0, 0.1) is 12.7 Å². The second-order valence-corrected chi connectivity index (χ2v) is 7.46. The maximum absolute atomic E-state index is 14.7. The number of halogens is 1. The van der Waals surface area contributed by atoms with Crippen LogP contribution in [0.15, 0.2) is 48.8 Å². The lowest BCUT2D eigenvalue weighted by Gasteiger charge is -2.34. The minimum absolute atomic E-state index is 0.269. The van der Waals surface area contributed by atoms with Crippen LogP contribution in [-0.4, -0.2) is 62.0 Å². The molecule has 2 N–H and O–H groups in total. The van der Waals surface area contributed by atoms with Gasteiger partial charge < -0.3 is 20.0 Å². The lowest BCUT2D eigenvalue weighted by Crippen LogP contribution is -2.50. The van der Waals surface area contributed by atoms with Crippen LogP contribution in [0.1, 0.15) is 11.1 Å². The van der Waals surface area contributed by atoms with E-state index in [-0.39, 0.29) is 17.6 Å². The van der Waals surface area contributed by atoms with Gasteiger partial charge in [-0.2, -0.15) is 0 Å². The topological polar surface area (TPSA) is 91.1 Å². The first-order valence-electron chi connectivity index (χ1n) is 9.91. The number of aromatic hydroxyl groups is 2. The van der Waals surface area contributed by atoms with Gasteiger partial charge in [-0.15, -0.1) is 4.73 Å². The summed E-state index contributed by atoms with van der Waals surface area (Å²) in [5.41, 5.74) is 3.34. The molecule has 1 fully saturated rings. The second-order valence-electron chi connectivity index (χ2n) is 7.46. The largest absolute Gasteiger partial charge is 0.492 e. The average molecular weight is 426 g/mol. The summed E-state index contributed by atoms with van der Waals surface area (Å²) in [7, 11) is 0. The molecule has 1 aromatic carbocycles. The molecule has 8 nitrogen and oxygen atoms in total. The van der Waals surface area contributed by atoms with Crippen LogP contribution in [0.3, 0.4) is 0 Å². The van der Waals surface area contributed by atoms with E-state index in [1.807, 2.05) is 19.1 Å². The van der Waals surface area contributed by atoms with Crippen LogP contribution in [0.5, 0.6) is 11.8 Å². The lowest BCUT2D eigenvalue weighted by molar-refractivity contribution is 0.0554. The summed E-state index contributed by atoms with van der Waals surface area (Å²) in [4.78, 5) is 24.9. The van der Waals surface area contributed by atoms with Crippen molar-refractivity contribution < 1.29 is 24.2 Å². The smallest absolute Gasteiger partial charge is 0.434 e. The molecule has 1 aliphatic heterocycles. The number of pyridine rings is 1. The van der Waals surface area contributed by atoms with E-state index in [4.69, 9.17) is 4.84 Å². The zero-order valence-corrected chi connectivity index (χ0v) is 17.0. The van der Waals surface area contributed by atoms with Gasteiger partial charge in [0.1, 0.15) is 5.82 Å². The summed E-state index contributed by atoms with van der Waals surface area (Å²) < 4.78 is 15.4. The van der Waals surface area contributed by atoms with Gasteiger partial charge in [0.05, 0.1) is 0 Å². The molecule has 3 heterocycles. The summed E-state index contributed by atoms with van der Waals surface area (Å²) in [6.45, 7) is 4.24. The SMILES string of the molecule is Cc1cnccc1-c1ccc(CN2CCN(C(=O)On3c(O)ccc3O)CC2)c(F)c1. The van der Waals surface area contributed by atoms with E-state index in [9.17, 15) is 19.4 Å². The summed E-state index contributed by atoms with van der Waals surface area (Å²) in [6.07, 6.45) is 2.77. The van der Waals surface area contributed by atoms with Crippen molar-refractivity contribution in [2.45, 2.75) is 13.5 Å². The number of carbonyl (C=O) groups is 1. The molecule has 0 atom stereocenters. The van der Waals surface area contributed by atoms with E-state index < -0.39 is 6.09 Å². The van der Waals surface area contributed by atoms with Crippen LogP contribution in [0.2, 0.25) is 0 Å². The lowest BCUT2D eigenvalue weighted by atomic mass is 10.0. The highest BCUT2D eigenvalue weighted by Crippen LogP contribution is 2.25. The molecule has 9 heteroatoms. The van der Waals surface area contributed by atoms with Gasteiger partial charge in [0, 0.05) is 62.8 Å². The number of benzene rings is 1. The molecule has 0 spiro atoms. The highest BCUT2D eigenvalue weighted by molar-refractivity contribution is 5.68. The Morgan fingerprint density at radius 3 is 2.45 bits per heavy atom. The second kappa shape index (κ2) is 8.65. The van der Waals surface area contributed by atoms with Crippen LogP contribution in [0.4, 0.5) is 9.18 Å². The van der Waals surface area contributed by atoms with Crippen LogP contribution < -0.4 is 4.84 Å². The third kappa shape index (κ3) is 4.46. The maximum Gasteiger partial charge on any atom is 0.434 e. The number of piperazine rings is 1. The first-order chi connectivity index (χ1) is 14.9. The first kappa shape index (κ1) is 20.7. The molecular weight excluding hydrogens is 403 g/mol. The molecule has 0 radical (unpaired) electrons. The Morgan fingerprint density at radius 1 is 1.10 bits per heavy atom. The molecule has 31 heavy (non-hydrogen) atoms. The average Bonchev–Trinajstić information content (AvgIpc) is 3.08. The van der Waals surface area contributed by atoms with Crippen molar-refractivity contribution in [1.82, 2.24) is 19.5 Å².